The summed E-state index contributed by atoms with van der Waals surface area (Å²) in [7, 11) is 1.61. The van der Waals surface area contributed by atoms with Crippen molar-refractivity contribution in [1.82, 2.24) is 24.8 Å². The van der Waals surface area contributed by atoms with E-state index >= 15 is 0 Å². The maximum atomic E-state index is 13.1. The van der Waals surface area contributed by atoms with Gasteiger partial charge in [-0.05, 0) is 53.9 Å². The van der Waals surface area contributed by atoms with Crippen LogP contribution < -0.4 is 20.3 Å². The molecule has 1 amide bonds. The third-order valence-electron chi connectivity index (χ3n) is 7.33. The summed E-state index contributed by atoms with van der Waals surface area (Å²) in [6, 6.07) is 23.6. The fourth-order valence-corrected chi connectivity index (χ4v) is 5.59. The summed E-state index contributed by atoms with van der Waals surface area (Å²) < 4.78 is 6.30. The summed E-state index contributed by atoms with van der Waals surface area (Å²) in [4.78, 5) is 35.7. The molecule has 0 bridgehead atoms. The molecule has 0 radical (unpaired) electrons. The van der Waals surface area contributed by atoms with Gasteiger partial charge in [-0.3, -0.25) is 4.79 Å². The number of nitrogens with zero attached hydrogens (tertiary/aromatic N) is 6. The lowest BCUT2D eigenvalue weighted by Gasteiger charge is -2.35. The number of ether oxygens (including phenoxy) is 1. The molecule has 3 heterocycles. The Hall–Kier alpha value is -4.77. The van der Waals surface area contributed by atoms with Gasteiger partial charge in [0.05, 0.1) is 22.8 Å². The van der Waals surface area contributed by atoms with Gasteiger partial charge in [0.1, 0.15) is 5.75 Å². The SMILES string of the molecule is COc1ccc(C(=O)N2CCN(c3nc(NCC(C)c4ccccc4)nc(Nc4ccc5ncsc5c4)n3)CC2)cc1. The first-order valence-corrected chi connectivity index (χ1v) is 14.8. The van der Waals surface area contributed by atoms with E-state index in [1.165, 1.54) is 5.56 Å². The van der Waals surface area contributed by atoms with Crippen LogP contribution in [0.4, 0.5) is 23.5 Å². The molecule has 10 nitrogen and oxygen atoms in total. The Bertz CT molecular complexity index is 1650. The molecule has 1 aliphatic rings. The topological polar surface area (TPSA) is 108 Å². The predicted octanol–water partition coefficient (Wildman–Crippen LogP) is 5.41. The summed E-state index contributed by atoms with van der Waals surface area (Å²) in [5.41, 5.74) is 5.56. The molecular formula is C31H32N8O2S. The zero-order valence-electron chi connectivity index (χ0n) is 23.5. The Morgan fingerprint density at radius 1 is 0.952 bits per heavy atom. The van der Waals surface area contributed by atoms with Gasteiger partial charge >= 0.3 is 0 Å². The summed E-state index contributed by atoms with van der Waals surface area (Å²) in [6.07, 6.45) is 0. The molecule has 0 spiro atoms. The smallest absolute Gasteiger partial charge is 0.253 e. The fourth-order valence-electron chi connectivity index (χ4n) is 4.87. The quantitative estimate of drug-likeness (QED) is 0.237. The third kappa shape index (κ3) is 6.26. The van der Waals surface area contributed by atoms with Gasteiger partial charge in [0, 0.05) is 44.0 Å². The Balaban J connectivity index is 1.19. The zero-order valence-corrected chi connectivity index (χ0v) is 24.3. The zero-order chi connectivity index (χ0) is 28.9. The first-order valence-electron chi connectivity index (χ1n) is 13.9. The number of carbonyl (C=O) groups is 1. The van der Waals surface area contributed by atoms with Crippen LogP contribution in [0.2, 0.25) is 0 Å². The van der Waals surface area contributed by atoms with Crippen molar-refractivity contribution in [3.63, 3.8) is 0 Å². The number of anilines is 4. The van der Waals surface area contributed by atoms with Gasteiger partial charge in [-0.15, -0.1) is 11.3 Å². The van der Waals surface area contributed by atoms with Crippen LogP contribution in [0.25, 0.3) is 10.2 Å². The Morgan fingerprint density at radius 2 is 1.71 bits per heavy atom. The molecule has 2 N–H and O–H groups in total. The molecular weight excluding hydrogens is 548 g/mol. The van der Waals surface area contributed by atoms with Gasteiger partial charge in [-0.1, -0.05) is 37.3 Å². The summed E-state index contributed by atoms with van der Waals surface area (Å²) in [6.45, 7) is 5.19. The van der Waals surface area contributed by atoms with Crippen molar-refractivity contribution in [2.45, 2.75) is 12.8 Å². The number of amides is 1. The maximum Gasteiger partial charge on any atom is 0.253 e. The molecule has 1 fully saturated rings. The minimum absolute atomic E-state index is 0.00557. The number of carbonyl (C=O) groups excluding carboxylic acids is 1. The maximum absolute atomic E-state index is 13.1. The Labute approximate surface area is 248 Å². The monoisotopic (exact) mass is 580 g/mol. The minimum Gasteiger partial charge on any atom is -0.497 e. The molecule has 5 aromatic rings. The summed E-state index contributed by atoms with van der Waals surface area (Å²) >= 11 is 1.59. The lowest BCUT2D eigenvalue weighted by molar-refractivity contribution is 0.0746. The molecule has 1 unspecified atom stereocenters. The minimum atomic E-state index is 0.00557. The van der Waals surface area contributed by atoms with Crippen molar-refractivity contribution in [1.29, 1.82) is 0 Å². The second-order valence-electron chi connectivity index (χ2n) is 10.1. The standard InChI is InChI=1S/C31H32N8O2S/c1-21(22-6-4-3-5-7-22)19-32-29-35-30(34-24-10-13-26-27(18-24)42-20-33-26)37-31(36-29)39-16-14-38(15-17-39)28(40)23-8-11-25(41-2)12-9-23/h3-13,18,20-21H,14-17,19H2,1-2H3,(H2,32,34,35,36,37). The molecule has 3 aromatic carbocycles. The van der Waals surface area contributed by atoms with E-state index in [4.69, 9.17) is 19.7 Å². The van der Waals surface area contributed by atoms with Crippen LogP contribution in [0.3, 0.4) is 0 Å². The molecule has 1 aliphatic heterocycles. The highest BCUT2D eigenvalue weighted by atomic mass is 32.1. The molecule has 0 aliphatic carbocycles. The predicted molar refractivity (Wildman–Crippen MR) is 167 cm³/mol. The Kier molecular flexibility index (Phi) is 8.09. The van der Waals surface area contributed by atoms with Crippen molar-refractivity contribution < 1.29 is 9.53 Å². The van der Waals surface area contributed by atoms with E-state index in [-0.39, 0.29) is 11.8 Å². The number of fused-ring (bicyclic) bond motifs is 1. The van der Waals surface area contributed by atoms with Crippen LogP contribution >= 0.6 is 11.3 Å². The third-order valence-corrected chi connectivity index (χ3v) is 8.12. The average Bonchev–Trinajstić information content (AvgIpc) is 3.52. The number of methoxy groups -OCH3 is 1. The highest BCUT2D eigenvalue weighted by Gasteiger charge is 2.24. The number of rotatable bonds is 9. The highest BCUT2D eigenvalue weighted by molar-refractivity contribution is 7.16. The van der Waals surface area contributed by atoms with Crippen molar-refractivity contribution in [3.8, 4) is 5.75 Å². The summed E-state index contributed by atoms with van der Waals surface area (Å²) in [5, 5.41) is 6.78. The molecule has 1 atom stereocenters. The van der Waals surface area contributed by atoms with Crippen LogP contribution in [0.1, 0.15) is 28.8 Å². The first kappa shape index (κ1) is 27.4. The Morgan fingerprint density at radius 3 is 2.48 bits per heavy atom. The van der Waals surface area contributed by atoms with Crippen LogP contribution in [0, 0.1) is 0 Å². The van der Waals surface area contributed by atoms with E-state index < -0.39 is 0 Å². The normalized spacial score (nSPS) is 14.0. The van der Waals surface area contributed by atoms with Gasteiger partial charge in [-0.2, -0.15) is 15.0 Å². The number of thiazole rings is 1. The lowest BCUT2D eigenvalue weighted by Crippen LogP contribution is -2.49. The first-order chi connectivity index (χ1) is 20.6. The second kappa shape index (κ2) is 12.4. The molecule has 42 heavy (non-hydrogen) atoms. The van der Waals surface area contributed by atoms with E-state index in [9.17, 15) is 4.79 Å². The van der Waals surface area contributed by atoms with E-state index in [1.54, 1.807) is 30.6 Å². The number of aromatic nitrogens is 4. The molecule has 6 rings (SSSR count). The van der Waals surface area contributed by atoms with Gasteiger partial charge < -0.3 is 25.2 Å². The molecule has 214 valence electrons. The molecule has 11 heteroatoms. The van der Waals surface area contributed by atoms with Crippen LogP contribution in [0.15, 0.2) is 78.3 Å². The van der Waals surface area contributed by atoms with Crippen molar-refractivity contribution in [2.24, 2.45) is 0 Å². The second-order valence-corrected chi connectivity index (χ2v) is 11.0. The summed E-state index contributed by atoms with van der Waals surface area (Å²) in [5.74, 6) is 2.52. The van der Waals surface area contributed by atoms with E-state index in [0.717, 1.165) is 21.7 Å². The van der Waals surface area contributed by atoms with E-state index in [2.05, 4.69) is 39.6 Å². The molecule has 1 saturated heterocycles. The van der Waals surface area contributed by atoms with Crippen molar-refractivity contribution >= 4 is 51.0 Å². The van der Waals surface area contributed by atoms with E-state index in [1.807, 2.05) is 58.9 Å². The fraction of sp³-hybridized carbons (Fsp3) is 0.258. The average molecular weight is 581 g/mol. The number of piperazine rings is 1. The molecule has 2 aromatic heterocycles. The highest BCUT2D eigenvalue weighted by Crippen LogP contribution is 2.25. The van der Waals surface area contributed by atoms with Gasteiger partial charge in [0.25, 0.3) is 5.91 Å². The van der Waals surface area contributed by atoms with Gasteiger partial charge in [-0.25, -0.2) is 4.98 Å². The lowest BCUT2D eigenvalue weighted by atomic mass is 10.0. The van der Waals surface area contributed by atoms with E-state index in [0.29, 0.717) is 56.1 Å². The van der Waals surface area contributed by atoms with Crippen LogP contribution in [-0.2, 0) is 0 Å². The number of nitrogens with one attached hydrogen (secondary N) is 2. The van der Waals surface area contributed by atoms with Crippen molar-refractivity contribution in [3.05, 3.63) is 89.4 Å². The van der Waals surface area contributed by atoms with Gasteiger partial charge in [0.15, 0.2) is 0 Å². The largest absolute Gasteiger partial charge is 0.497 e. The number of hydrogen-bond donors (Lipinski definition) is 2. The van der Waals surface area contributed by atoms with Gasteiger partial charge in [0.2, 0.25) is 17.8 Å². The number of hydrogen-bond acceptors (Lipinski definition) is 10. The van der Waals surface area contributed by atoms with Crippen LogP contribution in [0.5, 0.6) is 5.75 Å². The number of benzene rings is 3. The molecule has 0 saturated carbocycles. The van der Waals surface area contributed by atoms with Crippen molar-refractivity contribution in [2.75, 3.05) is 55.4 Å². The van der Waals surface area contributed by atoms with Crippen LogP contribution in [-0.4, -0.2) is 70.6 Å².